The van der Waals surface area contributed by atoms with E-state index in [9.17, 15) is 22.0 Å². The lowest BCUT2D eigenvalue weighted by molar-refractivity contribution is 0.0595. The van der Waals surface area contributed by atoms with Crippen LogP contribution in [-0.2, 0) is 27.8 Å². The van der Waals surface area contributed by atoms with Gasteiger partial charge in [-0.15, -0.1) is 0 Å². The van der Waals surface area contributed by atoms with Crippen LogP contribution in [0.5, 0.6) is 0 Å². The van der Waals surface area contributed by atoms with Gasteiger partial charge in [0.05, 0.1) is 17.6 Å². The van der Waals surface area contributed by atoms with Crippen molar-refractivity contribution >= 4 is 27.6 Å². The number of benzene rings is 3. The molecule has 0 atom stereocenters. The fourth-order valence-corrected chi connectivity index (χ4v) is 4.47. The van der Waals surface area contributed by atoms with E-state index < -0.39 is 27.6 Å². The summed E-state index contributed by atoms with van der Waals surface area (Å²) in [6.07, 6.45) is 0. The molecule has 0 N–H and O–H groups in total. The molecule has 0 heterocycles. The molecule has 0 fully saturated rings. The van der Waals surface area contributed by atoms with E-state index in [4.69, 9.17) is 11.6 Å². The number of ether oxygens (including phenoxy) is 1. The first-order valence-corrected chi connectivity index (χ1v) is 10.9. The fourth-order valence-electron chi connectivity index (χ4n) is 2.93. The smallest absolute Gasteiger partial charge is 0.340 e. The van der Waals surface area contributed by atoms with Gasteiger partial charge >= 0.3 is 5.97 Å². The van der Waals surface area contributed by atoms with Crippen LogP contribution in [0.25, 0.3) is 0 Å². The summed E-state index contributed by atoms with van der Waals surface area (Å²) in [6.45, 7) is -0.532. The predicted octanol–water partition coefficient (Wildman–Crippen LogP) is 4.80. The quantitative estimate of drug-likeness (QED) is 0.470. The van der Waals surface area contributed by atoms with Crippen LogP contribution in [0, 0.1) is 11.6 Å². The van der Waals surface area contributed by atoms with Crippen LogP contribution < -0.4 is 0 Å². The van der Waals surface area contributed by atoms with Gasteiger partial charge in [-0.2, -0.15) is 4.31 Å². The summed E-state index contributed by atoms with van der Waals surface area (Å²) in [5.41, 5.74) is 0.165. The highest BCUT2D eigenvalue weighted by Gasteiger charge is 2.26. The van der Waals surface area contributed by atoms with Crippen LogP contribution in [0.4, 0.5) is 8.78 Å². The molecule has 0 radical (unpaired) electrons. The number of esters is 1. The van der Waals surface area contributed by atoms with Gasteiger partial charge in [-0.3, -0.25) is 0 Å². The Labute approximate surface area is 183 Å². The van der Waals surface area contributed by atoms with Crippen molar-refractivity contribution in [3.63, 3.8) is 0 Å². The molecule has 3 aromatic rings. The normalized spacial score (nSPS) is 11.5. The summed E-state index contributed by atoms with van der Waals surface area (Å²) in [5, 5.41) is 0.361. The van der Waals surface area contributed by atoms with Crippen LogP contribution in [0.1, 0.15) is 21.5 Å². The summed E-state index contributed by atoms with van der Waals surface area (Å²) in [4.78, 5) is 11.6. The van der Waals surface area contributed by atoms with Crippen LogP contribution in [0.3, 0.4) is 0 Å². The first-order chi connectivity index (χ1) is 14.7. The van der Waals surface area contributed by atoms with Crippen molar-refractivity contribution in [3.05, 3.63) is 100 Å². The Balaban J connectivity index is 2.00. The van der Waals surface area contributed by atoms with Crippen molar-refractivity contribution in [1.82, 2.24) is 4.31 Å². The van der Waals surface area contributed by atoms with Gasteiger partial charge in [0.2, 0.25) is 10.0 Å². The van der Waals surface area contributed by atoms with Crippen molar-refractivity contribution in [3.8, 4) is 0 Å². The molecule has 0 aromatic heterocycles. The Kier molecular flexibility index (Phi) is 7.04. The second kappa shape index (κ2) is 9.55. The Morgan fingerprint density at radius 1 is 0.968 bits per heavy atom. The minimum absolute atomic E-state index is 0.0418. The molecule has 0 saturated heterocycles. The van der Waals surface area contributed by atoms with Crippen molar-refractivity contribution in [2.24, 2.45) is 0 Å². The van der Waals surface area contributed by atoms with Crippen LogP contribution >= 0.6 is 11.6 Å². The first kappa shape index (κ1) is 22.9. The van der Waals surface area contributed by atoms with Gasteiger partial charge in [-0.05, 0) is 48.0 Å². The van der Waals surface area contributed by atoms with Crippen LogP contribution in [0.15, 0.2) is 71.6 Å². The molecule has 0 bridgehead atoms. The maximum atomic E-state index is 14.3. The van der Waals surface area contributed by atoms with E-state index in [0.717, 1.165) is 17.5 Å². The van der Waals surface area contributed by atoms with Gasteiger partial charge in [-0.25, -0.2) is 22.0 Å². The Morgan fingerprint density at radius 3 is 2.26 bits per heavy atom. The fraction of sp³-hybridized carbons (Fsp3) is 0.136. The van der Waals surface area contributed by atoms with E-state index >= 15 is 0 Å². The summed E-state index contributed by atoms with van der Waals surface area (Å²) < 4.78 is 60.6. The lowest BCUT2D eigenvalue weighted by atomic mass is 10.1. The number of halogens is 3. The average molecular weight is 466 g/mol. The molecule has 0 aliphatic heterocycles. The number of nitrogens with zero attached hydrogens (tertiary/aromatic N) is 1. The Bertz CT molecular complexity index is 1200. The molecule has 31 heavy (non-hydrogen) atoms. The molecule has 9 heteroatoms. The van der Waals surface area contributed by atoms with E-state index in [-0.39, 0.29) is 34.7 Å². The van der Waals surface area contributed by atoms with E-state index in [1.165, 1.54) is 54.6 Å². The molecule has 0 amide bonds. The predicted molar refractivity (Wildman–Crippen MR) is 112 cm³/mol. The molecule has 3 aromatic carbocycles. The van der Waals surface area contributed by atoms with E-state index in [0.29, 0.717) is 5.02 Å². The molecule has 0 saturated carbocycles. The number of hydrogen-bond donors (Lipinski definition) is 0. The molecular weight excluding hydrogens is 448 g/mol. The number of sulfonamides is 1. The highest BCUT2D eigenvalue weighted by Crippen LogP contribution is 2.24. The lowest BCUT2D eigenvalue weighted by Crippen LogP contribution is -2.30. The Morgan fingerprint density at radius 2 is 1.65 bits per heavy atom. The minimum Gasteiger partial charge on any atom is -0.465 e. The van der Waals surface area contributed by atoms with Crippen molar-refractivity contribution in [2.45, 2.75) is 18.0 Å². The second-order valence-electron chi connectivity index (χ2n) is 6.62. The first-order valence-electron chi connectivity index (χ1n) is 9.08. The summed E-state index contributed by atoms with van der Waals surface area (Å²) in [6, 6.07) is 15.0. The van der Waals surface area contributed by atoms with Gasteiger partial charge in [-0.1, -0.05) is 35.9 Å². The Hall–Kier alpha value is -2.81. The highest BCUT2D eigenvalue weighted by molar-refractivity contribution is 7.89. The third kappa shape index (κ3) is 5.28. The molecule has 3 rings (SSSR count). The molecule has 0 aliphatic rings. The van der Waals surface area contributed by atoms with Crippen molar-refractivity contribution in [2.75, 3.05) is 7.11 Å². The topological polar surface area (TPSA) is 63.7 Å². The maximum Gasteiger partial charge on any atom is 0.340 e. The van der Waals surface area contributed by atoms with Crippen molar-refractivity contribution in [1.29, 1.82) is 0 Å². The second-order valence-corrected chi connectivity index (χ2v) is 9.00. The standard InChI is InChI=1S/C22H18ClF2NO4S/c1-30-22(27)19-11-6-15(12-21(19)25)13-26(14-16-4-2-3-5-20(16)24)31(28,29)18-9-7-17(23)8-10-18/h2-12H,13-14H2,1H3. The molecule has 0 unspecified atom stereocenters. The van der Waals surface area contributed by atoms with E-state index in [2.05, 4.69) is 4.74 Å². The lowest BCUT2D eigenvalue weighted by Gasteiger charge is -2.23. The summed E-state index contributed by atoms with van der Waals surface area (Å²) in [5.74, 6) is -2.26. The number of rotatable bonds is 7. The van der Waals surface area contributed by atoms with Gasteiger partial charge < -0.3 is 4.74 Å². The zero-order valence-electron chi connectivity index (χ0n) is 16.4. The third-order valence-corrected chi connectivity index (χ3v) is 6.61. The number of carbonyl (C=O) groups is 1. The highest BCUT2D eigenvalue weighted by atomic mass is 35.5. The SMILES string of the molecule is COC(=O)c1ccc(CN(Cc2ccccc2F)S(=O)(=O)c2ccc(Cl)cc2)cc1F. The van der Waals surface area contributed by atoms with Crippen LogP contribution in [0.2, 0.25) is 5.02 Å². The molecular formula is C22H18ClF2NO4S. The van der Waals surface area contributed by atoms with E-state index in [1.807, 2.05) is 0 Å². The van der Waals surface area contributed by atoms with Gasteiger partial charge in [0.25, 0.3) is 0 Å². The summed E-state index contributed by atoms with van der Waals surface area (Å²) in [7, 11) is -2.95. The third-order valence-electron chi connectivity index (χ3n) is 4.55. The number of carbonyl (C=O) groups excluding carboxylic acids is 1. The maximum absolute atomic E-state index is 14.3. The largest absolute Gasteiger partial charge is 0.465 e. The molecule has 162 valence electrons. The molecule has 0 aliphatic carbocycles. The van der Waals surface area contributed by atoms with Gasteiger partial charge in [0, 0.05) is 23.7 Å². The summed E-state index contributed by atoms with van der Waals surface area (Å²) >= 11 is 5.85. The minimum atomic E-state index is -4.08. The van der Waals surface area contributed by atoms with E-state index in [1.54, 1.807) is 6.07 Å². The van der Waals surface area contributed by atoms with Gasteiger partial charge in [0.1, 0.15) is 11.6 Å². The number of methoxy groups -OCH3 is 1. The zero-order valence-corrected chi connectivity index (χ0v) is 18.0. The number of hydrogen-bond acceptors (Lipinski definition) is 4. The molecule has 0 spiro atoms. The van der Waals surface area contributed by atoms with Crippen LogP contribution in [-0.4, -0.2) is 25.8 Å². The van der Waals surface area contributed by atoms with Crippen molar-refractivity contribution < 1.29 is 26.7 Å². The monoisotopic (exact) mass is 465 g/mol. The zero-order chi connectivity index (χ0) is 22.6. The van der Waals surface area contributed by atoms with Gasteiger partial charge in [0.15, 0.2) is 0 Å². The molecule has 5 nitrogen and oxygen atoms in total. The average Bonchev–Trinajstić information content (AvgIpc) is 2.74.